The molecular weight excluding hydrogens is 177 g/mol. The third-order valence-electron chi connectivity index (χ3n) is 0.206. The third kappa shape index (κ3) is 6.23. The van der Waals surface area contributed by atoms with E-state index in [9.17, 15) is 13.2 Å². The molecule has 0 heterocycles. The van der Waals surface area contributed by atoms with E-state index < -0.39 is 11.9 Å². The Morgan fingerprint density at radius 3 is 1.71 bits per heavy atom. The number of hydrogen-bond acceptors (Lipinski definition) is 1. The first-order valence-electron chi connectivity index (χ1n) is 1.34. The molecule has 1 atom stereocenters. The van der Waals surface area contributed by atoms with Gasteiger partial charge in [-0.1, -0.05) is 0 Å². The molecule has 1 unspecified atom stereocenters. The lowest BCUT2D eigenvalue weighted by Gasteiger charge is -1.97. The van der Waals surface area contributed by atoms with Crippen molar-refractivity contribution in [1.82, 2.24) is 0 Å². The summed E-state index contributed by atoms with van der Waals surface area (Å²) in [5.41, 5.74) is 0. The van der Waals surface area contributed by atoms with Crippen LogP contribution in [0.25, 0.3) is 0 Å². The molecule has 5 heteroatoms. The molecule has 0 aliphatic rings. The Morgan fingerprint density at radius 1 is 1.29 bits per heavy atom. The molecule has 7 heavy (non-hydrogen) atoms. The molecule has 0 bridgehead atoms. The molecule has 0 aromatic carbocycles. The van der Waals surface area contributed by atoms with Crippen molar-refractivity contribution < 1.29 is 17.9 Å². The van der Waals surface area contributed by atoms with E-state index in [2.05, 4.69) is 20.7 Å². The van der Waals surface area contributed by atoms with E-state index in [1.807, 2.05) is 0 Å². The summed E-state index contributed by atoms with van der Waals surface area (Å²) in [7, 11) is 0. The van der Waals surface area contributed by atoms with E-state index in [1.165, 1.54) is 0 Å². The van der Waals surface area contributed by atoms with E-state index in [0.29, 0.717) is 0 Å². The summed E-state index contributed by atoms with van der Waals surface area (Å²) in [6.07, 6.45) is 0. The zero-order chi connectivity index (χ0) is 5.86. The molecule has 0 amide bonds. The van der Waals surface area contributed by atoms with Crippen molar-refractivity contribution >= 4 is 15.9 Å². The second-order valence-corrected chi connectivity index (χ2v) is 1.38. The summed E-state index contributed by atoms with van der Waals surface area (Å²) in [5, 5.41) is -2.06. The van der Waals surface area contributed by atoms with Gasteiger partial charge in [-0.05, 0) is 15.9 Å². The maximum atomic E-state index is 11.2. The molecule has 1 nitrogen and oxygen atoms in total. The van der Waals surface area contributed by atoms with Gasteiger partial charge in [0.15, 0.2) is 0 Å². The van der Waals surface area contributed by atoms with Crippen molar-refractivity contribution in [3.8, 4) is 0 Å². The summed E-state index contributed by atoms with van der Waals surface area (Å²) in [6.45, 7) is -3.05. The van der Waals surface area contributed by atoms with Crippen molar-refractivity contribution in [3.63, 3.8) is 0 Å². The standard InChI is InChI=1S/C2H2BrF3O/c3-1(4)7-2(5)6/h1-2H. The van der Waals surface area contributed by atoms with Gasteiger partial charge in [-0.25, -0.2) is 4.39 Å². The van der Waals surface area contributed by atoms with Crippen LogP contribution in [0.2, 0.25) is 0 Å². The van der Waals surface area contributed by atoms with Crippen LogP contribution < -0.4 is 0 Å². The van der Waals surface area contributed by atoms with Crippen LogP contribution in [-0.4, -0.2) is 11.9 Å². The van der Waals surface area contributed by atoms with Gasteiger partial charge in [0.1, 0.15) is 0 Å². The first-order chi connectivity index (χ1) is 3.13. The van der Waals surface area contributed by atoms with E-state index in [-0.39, 0.29) is 0 Å². The Kier molecular flexibility index (Phi) is 3.37. The molecule has 0 aromatic heterocycles. The lowest BCUT2D eigenvalue weighted by molar-refractivity contribution is -0.165. The molecule has 0 N–H and O–H groups in total. The normalized spacial score (nSPS) is 15.0. The molecule has 0 aliphatic carbocycles. The topological polar surface area (TPSA) is 9.23 Å². The molecule has 0 aromatic rings. The molecular formula is C2H2BrF3O. The Morgan fingerprint density at radius 2 is 1.71 bits per heavy atom. The van der Waals surface area contributed by atoms with E-state index in [0.717, 1.165) is 0 Å². The summed E-state index contributed by atoms with van der Waals surface area (Å²) < 4.78 is 35.9. The second-order valence-electron chi connectivity index (χ2n) is 0.657. The first kappa shape index (κ1) is 7.23. The van der Waals surface area contributed by atoms with Gasteiger partial charge < -0.3 is 0 Å². The Bertz CT molecular complexity index is 42.2. The van der Waals surface area contributed by atoms with Gasteiger partial charge in [0.25, 0.3) is 5.27 Å². The molecule has 0 saturated carbocycles. The zero-order valence-corrected chi connectivity index (χ0v) is 4.66. The average molecular weight is 179 g/mol. The minimum absolute atomic E-state index is 2.06. The molecule has 0 aliphatic heterocycles. The van der Waals surface area contributed by atoms with Crippen molar-refractivity contribution in [2.24, 2.45) is 0 Å². The highest BCUT2D eigenvalue weighted by Gasteiger charge is 2.07. The van der Waals surface area contributed by atoms with E-state index in [4.69, 9.17) is 0 Å². The van der Waals surface area contributed by atoms with Gasteiger partial charge in [0, 0.05) is 0 Å². The lowest BCUT2D eigenvalue weighted by atomic mass is 11.4. The van der Waals surface area contributed by atoms with Gasteiger partial charge >= 0.3 is 6.61 Å². The summed E-state index contributed by atoms with van der Waals surface area (Å²) in [5.74, 6) is 0. The second kappa shape index (κ2) is 3.26. The first-order valence-corrected chi connectivity index (χ1v) is 2.26. The van der Waals surface area contributed by atoms with Crippen LogP contribution in [-0.2, 0) is 4.74 Å². The molecule has 0 fully saturated rings. The zero-order valence-electron chi connectivity index (χ0n) is 3.07. The Labute approximate surface area is 46.6 Å². The van der Waals surface area contributed by atoms with Crippen LogP contribution in [0.15, 0.2) is 0 Å². The highest BCUT2D eigenvalue weighted by molar-refractivity contribution is 9.09. The predicted molar refractivity (Wildman–Crippen MR) is 20.9 cm³/mol. The number of ether oxygens (including phenoxy) is 1. The smallest absolute Gasteiger partial charge is 0.278 e. The molecule has 44 valence electrons. The molecule has 0 radical (unpaired) electrons. The van der Waals surface area contributed by atoms with E-state index in [1.54, 1.807) is 0 Å². The van der Waals surface area contributed by atoms with Crippen molar-refractivity contribution in [1.29, 1.82) is 0 Å². The quantitative estimate of drug-likeness (QED) is 0.588. The summed E-state index contributed by atoms with van der Waals surface area (Å²) >= 11 is 2.11. The minimum atomic E-state index is -3.05. The minimum Gasteiger partial charge on any atom is -0.278 e. The van der Waals surface area contributed by atoms with Gasteiger partial charge in [0.2, 0.25) is 0 Å². The fourth-order valence-electron chi connectivity index (χ4n) is 0.0778. The summed E-state index contributed by atoms with van der Waals surface area (Å²) in [6, 6.07) is 0. The predicted octanol–water partition coefficient (Wildman–Crippen LogP) is 1.87. The highest BCUT2D eigenvalue weighted by atomic mass is 79.9. The fraction of sp³-hybridized carbons (Fsp3) is 1.00. The fourth-order valence-corrected chi connectivity index (χ4v) is 0.241. The van der Waals surface area contributed by atoms with Crippen LogP contribution in [0.5, 0.6) is 0 Å². The SMILES string of the molecule is FC(F)OC(F)Br. The van der Waals surface area contributed by atoms with Crippen molar-refractivity contribution in [2.45, 2.75) is 11.9 Å². The Hall–Kier alpha value is 0.230. The van der Waals surface area contributed by atoms with Crippen LogP contribution >= 0.6 is 15.9 Å². The number of hydrogen-bond donors (Lipinski definition) is 0. The van der Waals surface area contributed by atoms with Crippen LogP contribution in [0.3, 0.4) is 0 Å². The van der Waals surface area contributed by atoms with Crippen LogP contribution in [0.4, 0.5) is 13.2 Å². The van der Waals surface area contributed by atoms with Gasteiger partial charge in [-0.15, -0.1) is 0 Å². The van der Waals surface area contributed by atoms with Gasteiger partial charge in [-0.3, -0.25) is 4.74 Å². The maximum absolute atomic E-state index is 11.2. The highest BCUT2D eigenvalue weighted by Crippen LogP contribution is 2.07. The van der Waals surface area contributed by atoms with Crippen molar-refractivity contribution in [2.75, 3.05) is 0 Å². The number of alkyl halides is 4. The summed E-state index contributed by atoms with van der Waals surface area (Å²) in [4.78, 5) is 0. The van der Waals surface area contributed by atoms with Gasteiger partial charge in [-0.2, -0.15) is 8.78 Å². The number of halogens is 4. The number of rotatable bonds is 2. The van der Waals surface area contributed by atoms with Crippen molar-refractivity contribution in [3.05, 3.63) is 0 Å². The molecule has 0 saturated heterocycles. The molecule has 0 rings (SSSR count). The lowest BCUT2D eigenvalue weighted by Crippen LogP contribution is -2.02. The molecule has 0 spiro atoms. The monoisotopic (exact) mass is 178 g/mol. The van der Waals surface area contributed by atoms with E-state index >= 15 is 0 Å². The average Bonchev–Trinajstić information content (AvgIpc) is 1.27. The van der Waals surface area contributed by atoms with Crippen LogP contribution in [0.1, 0.15) is 0 Å². The van der Waals surface area contributed by atoms with Gasteiger partial charge in [0.05, 0.1) is 0 Å². The maximum Gasteiger partial charge on any atom is 0.348 e. The van der Waals surface area contributed by atoms with Crippen LogP contribution in [0, 0.1) is 0 Å². The Balaban J connectivity index is 2.95. The third-order valence-corrected chi connectivity index (χ3v) is 0.422. The largest absolute Gasteiger partial charge is 0.348 e.